The van der Waals surface area contributed by atoms with Crippen molar-refractivity contribution in [1.82, 2.24) is 0 Å². The van der Waals surface area contributed by atoms with E-state index in [9.17, 15) is 4.79 Å². The molecule has 0 spiro atoms. The molecule has 17 heavy (non-hydrogen) atoms. The molecule has 0 N–H and O–H groups in total. The van der Waals surface area contributed by atoms with Crippen molar-refractivity contribution >= 4 is 5.97 Å². The minimum Gasteiger partial charge on any atom is -0.497 e. The lowest BCUT2D eigenvalue weighted by Crippen LogP contribution is -2.06. The standard InChI is InChI=1S/C11H13N3O3/c1-16-10-5-3-9(4-6-10)11(15)17-8-2-7-13-14-12/h3-6H,2,7-8H2,1H3. The summed E-state index contributed by atoms with van der Waals surface area (Å²) in [5.41, 5.74) is 8.51. The number of esters is 1. The van der Waals surface area contributed by atoms with Crippen molar-refractivity contribution in [3.8, 4) is 5.75 Å². The van der Waals surface area contributed by atoms with E-state index in [1.165, 1.54) is 0 Å². The molecule has 0 aliphatic heterocycles. The molecule has 90 valence electrons. The second-order valence-electron chi connectivity index (χ2n) is 3.17. The highest BCUT2D eigenvalue weighted by molar-refractivity contribution is 5.89. The number of ether oxygens (including phenoxy) is 2. The zero-order valence-electron chi connectivity index (χ0n) is 9.50. The first-order valence-corrected chi connectivity index (χ1v) is 5.10. The van der Waals surface area contributed by atoms with Crippen LogP contribution in [-0.2, 0) is 4.74 Å². The van der Waals surface area contributed by atoms with Crippen LogP contribution in [0.5, 0.6) is 5.75 Å². The molecule has 0 unspecified atom stereocenters. The molecule has 0 aliphatic carbocycles. The molecular formula is C11H13N3O3. The van der Waals surface area contributed by atoms with Crippen LogP contribution in [-0.4, -0.2) is 26.2 Å². The third-order valence-electron chi connectivity index (χ3n) is 2.02. The average Bonchev–Trinajstić information content (AvgIpc) is 2.38. The third kappa shape index (κ3) is 4.44. The number of hydrogen-bond acceptors (Lipinski definition) is 4. The van der Waals surface area contributed by atoms with Crippen molar-refractivity contribution in [1.29, 1.82) is 0 Å². The summed E-state index contributed by atoms with van der Waals surface area (Å²) in [7, 11) is 1.56. The van der Waals surface area contributed by atoms with Gasteiger partial charge in [-0.2, -0.15) is 0 Å². The van der Waals surface area contributed by atoms with E-state index in [1.807, 2.05) is 0 Å². The SMILES string of the molecule is COc1ccc(C(=O)OCCCN=[N+]=[N-])cc1. The monoisotopic (exact) mass is 235 g/mol. The predicted molar refractivity (Wildman–Crippen MR) is 61.9 cm³/mol. The number of hydrogen-bond donors (Lipinski definition) is 0. The quantitative estimate of drug-likeness (QED) is 0.249. The van der Waals surface area contributed by atoms with Gasteiger partial charge in [-0.25, -0.2) is 4.79 Å². The maximum atomic E-state index is 11.5. The van der Waals surface area contributed by atoms with Crippen LogP contribution in [0.1, 0.15) is 16.8 Å². The van der Waals surface area contributed by atoms with E-state index < -0.39 is 5.97 Å². The second kappa shape index (κ2) is 7.14. The Balaban J connectivity index is 2.38. The summed E-state index contributed by atoms with van der Waals surface area (Å²) in [5, 5.41) is 3.34. The Morgan fingerprint density at radius 2 is 2.12 bits per heavy atom. The van der Waals surface area contributed by atoms with E-state index in [-0.39, 0.29) is 6.61 Å². The molecule has 0 aliphatic rings. The first-order valence-electron chi connectivity index (χ1n) is 5.10. The highest BCUT2D eigenvalue weighted by Crippen LogP contribution is 2.12. The van der Waals surface area contributed by atoms with E-state index in [1.54, 1.807) is 31.4 Å². The summed E-state index contributed by atoms with van der Waals surface area (Å²) in [6, 6.07) is 6.65. The summed E-state index contributed by atoms with van der Waals surface area (Å²) in [6.07, 6.45) is 0.520. The van der Waals surface area contributed by atoms with Gasteiger partial charge in [0.25, 0.3) is 0 Å². The number of azide groups is 1. The van der Waals surface area contributed by atoms with Gasteiger partial charge in [0, 0.05) is 11.5 Å². The van der Waals surface area contributed by atoms with Gasteiger partial charge in [0.2, 0.25) is 0 Å². The van der Waals surface area contributed by atoms with Crippen LogP contribution in [0.15, 0.2) is 29.4 Å². The lowest BCUT2D eigenvalue weighted by molar-refractivity contribution is 0.0503. The Morgan fingerprint density at radius 1 is 1.41 bits per heavy atom. The molecule has 0 heterocycles. The van der Waals surface area contributed by atoms with Crippen molar-refractivity contribution in [2.45, 2.75) is 6.42 Å². The summed E-state index contributed by atoms with van der Waals surface area (Å²) in [5.74, 6) is 0.290. The Labute approximate surface area is 98.8 Å². The van der Waals surface area contributed by atoms with Crippen LogP contribution >= 0.6 is 0 Å². The van der Waals surface area contributed by atoms with Crippen LogP contribution in [0.4, 0.5) is 0 Å². The predicted octanol–water partition coefficient (Wildman–Crippen LogP) is 2.55. The number of carbonyl (C=O) groups excluding carboxylic acids is 1. The van der Waals surface area contributed by atoms with Gasteiger partial charge in [-0.05, 0) is 36.2 Å². The molecule has 0 amide bonds. The number of carbonyl (C=O) groups is 1. The summed E-state index contributed by atoms with van der Waals surface area (Å²) < 4.78 is 9.96. The van der Waals surface area contributed by atoms with Crippen molar-refractivity contribution in [2.24, 2.45) is 5.11 Å². The molecule has 0 saturated heterocycles. The summed E-state index contributed by atoms with van der Waals surface area (Å²) >= 11 is 0. The Kier molecular flexibility index (Phi) is 5.40. The molecule has 1 rings (SSSR count). The van der Waals surface area contributed by atoms with Gasteiger partial charge in [0.05, 0.1) is 19.3 Å². The Bertz CT molecular complexity index is 410. The highest BCUT2D eigenvalue weighted by atomic mass is 16.5. The number of nitrogens with zero attached hydrogens (tertiary/aromatic N) is 3. The van der Waals surface area contributed by atoms with E-state index >= 15 is 0 Å². The van der Waals surface area contributed by atoms with Gasteiger partial charge >= 0.3 is 5.97 Å². The Hall–Kier alpha value is -2.20. The maximum Gasteiger partial charge on any atom is 0.338 e. The number of methoxy groups -OCH3 is 1. The van der Waals surface area contributed by atoms with E-state index in [2.05, 4.69) is 10.0 Å². The Morgan fingerprint density at radius 3 is 2.71 bits per heavy atom. The topological polar surface area (TPSA) is 84.3 Å². The molecule has 1 aromatic carbocycles. The van der Waals surface area contributed by atoms with Crippen molar-refractivity contribution in [3.05, 3.63) is 40.3 Å². The second-order valence-corrected chi connectivity index (χ2v) is 3.17. The van der Waals surface area contributed by atoms with Gasteiger partial charge in [-0.1, -0.05) is 5.11 Å². The fourth-order valence-electron chi connectivity index (χ4n) is 1.16. The largest absolute Gasteiger partial charge is 0.497 e. The van der Waals surface area contributed by atoms with Gasteiger partial charge in [-0.15, -0.1) is 0 Å². The molecule has 0 saturated carbocycles. The van der Waals surface area contributed by atoms with Crippen LogP contribution in [0.25, 0.3) is 10.4 Å². The third-order valence-corrected chi connectivity index (χ3v) is 2.02. The fraction of sp³-hybridized carbons (Fsp3) is 0.364. The van der Waals surface area contributed by atoms with E-state index in [0.29, 0.717) is 24.3 Å². The highest BCUT2D eigenvalue weighted by Gasteiger charge is 2.06. The van der Waals surface area contributed by atoms with Crippen molar-refractivity contribution < 1.29 is 14.3 Å². The first-order chi connectivity index (χ1) is 8.27. The van der Waals surface area contributed by atoms with Gasteiger partial charge in [0.1, 0.15) is 5.75 Å². The summed E-state index contributed by atoms with van der Waals surface area (Å²) in [6.45, 7) is 0.566. The molecule has 1 aromatic rings. The number of rotatable bonds is 6. The molecule has 0 radical (unpaired) electrons. The van der Waals surface area contributed by atoms with Crippen molar-refractivity contribution in [2.75, 3.05) is 20.3 Å². The lowest BCUT2D eigenvalue weighted by Gasteiger charge is -2.04. The molecule has 0 fully saturated rings. The zero-order valence-corrected chi connectivity index (χ0v) is 9.50. The maximum absolute atomic E-state index is 11.5. The van der Waals surface area contributed by atoms with E-state index in [0.717, 1.165) is 0 Å². The fourth-order valence-corrected chi connectivity index (χ4v) is 1.16. The molecule has 0 aromatic heterocycles. The number of benzene rings is 1. The smallest absolute Gasteiger partial charge is 0.338 e. The molecule has 0 atom stereocenters. The molecule has 6 heteroatoms. The lowest BCUT2D eigenvalue weighted by atomic mass is 10.2. The van der Waals surface area contributed by atoms with Crippen LogP contribution in [0, 0.1) is 0 Å². The molecular weight excluding hydrogens is 222 g/mol. The van der Waals surface area contributed by atoms with Crippen molar-refractivity contribution in [3.63, 3.8) is 0 Å². The van der Waals surface area contributed by atoms with Gasteiger partial charge in [-0.3, -0.25) is 0 Å². The average molecular weight is 235 g/mol. The van der Waals surface area contributed by atoms with Gasteiger partial charge < -0.3 is 9.47 Å². The minimum atomic E-state index is -0.395. The molecule has 0 bridgehead atoms. The zero-order chi connectivity index (χ0) is 12.5. The first kappa shape index (κ1) is 12.9. The van der Waals surface area contributed by atoms with Gasteiger partial charge in [0.15, 0.2) is 0 Å². The van der Waals surface area contributed by atoms with Crippen LogP contribution < -0.4 is 4.74 Å². The van der Waals surface area contributed by atoms with Crippen LogP contribution in [0.2, 0.25) is 0 Å². The normalized spacial score (nSPS) is 9.24. The van der Waals surface area contributed by atoms with Crippen LogP contribution in [0.3, 0.4) is 0 Å². The molecule has 6 nitrogen and oxygen atoms in total. The minimum absolute atomic E-state index is 0.240. The summed E-state index contributed by atoms with van der Waals surface area (Å²) in [4.78, 5) is 14.1. The van der Waals surface area contributed by atoms with E-state index in [4.69, 9.17) is 15.0 Å².